The maximum atomic E-state index is 2.30. The van der Waals surface area contributed by atoms with Gasteiger partial charge in [-0.15, -0.1) is 0 Å². The van der Waals surface area contributed by atoms with Crippen molar-refractivity contribution in [2.45, 2.75) is 41.5 Å². The summed E-state index contributed by atoms with van der Waals surface area (Å²) in [4.78, 5) is 2.16. The number of rotatable bonds is 1. The lowest BCUT2D eigenvalue weighted by atomic mass is 9.94. The number of fused-ring (bicyclic) bond motifs is 6. The molecule has 1 nitrogen and oxygen atoms in total. The van der Waals surface area contributed by atoms with E-state index >= 15 is 0 Å². The smallest absolute Gasteiger partial charge is 0.0367 e. The van der Waals surface area contributed by atoms with Crippen LogP contribution in [0.4, 0.5) is 5.69 Å². The fourth-order valence-corrected chi connectivity index (χ4v) is 3.17. The van der Waals surface area contributed by atoms with Crippen LogP contribution in [-0.2, 0) is 0 Å². The average molecular weight is 362 g/mol. The standard InChI is InChI=1S/C20H17N.3C2H6/c1-21(2)14-11-12-19-17-9-4-3-7-15(17)16-8-5-6-10-18(16)20(19)13-14;3*1-2/h3-13H,1-2H3;3*1-2H3. The molecule has 0 saturated heterocycles. The molecule has 0 bridgehead atoms. The molecule has 0 aliphatic heterocycles. The third-order valence-electron chi connectivity index (χ3n) is 4.24. The van der Waals surface area contributed by atoms with Gasteiger partial charge in [0.15, 0.2) is 0 Å². The minimum absolute atomic E-state index is 1.24. The van der Waals surface area contributed by atoms with E-state index in [-0.39, 0.29) is 0 Å². The summed E-state index contributed by atoms with van der Waals surface area (Å²) in [7, 11) is 4.18. The lowest BCUT2D eigenvalue weighted by Crippen LogP contribution is -2.08. The van der Waals surface area contributed by atoms with E-state index in [1.54, 1.807) is 0 Å². The molecule has 0 amide bonds. The molecule has 4 aromatic carbocycles. The molecule has 0 N–H and O–H groups in total. The van der Waals surface area contributed by atoms with E-state index in [1.807, 2.05) is 41.5 Å². The summed E-state index contributed by atoms with van der Waals surface area (Å²) < 4.78 is 0. The van der Waals surface area contributed by atoms with Crippen molar-refractivity contribution in [1.29, 1.82) is 0 Å². The summed E-state index contributed by atoms with van der Waals surface area (Å²) in [5.41, 5.74) is 1.24. The zero-order valence-corrected chi connectivity index (χ0v) is 18.3. The third kappa shape index (κ3) is 4.60. The predicted octanol–water partition coefficient (Wildman–Crippen LogP) is 8.29. The number of nitrogens with zero attached hydrogens (tertiary/aromatic N) is 1. The van der Waals surface area contributed by atoms with Crippen LogP contribution in [0.1, 0.15) is 41.5 Å². The van der Waals surface area contributed by atoms with Crippen LogP contribution in [0.15, 0.2) is 66.7 Å². The largest absolute Gasteiger partial charge is 0.378 e. The molecule has 1 heteroatoms. The van der Waals surface area contributed by atoms with E-state index in [0.29, 0.717) is 0 Å². The Morgan fingerprint density at radius 3 is 1.15 bits per heavy atom. The lowest BCUT2D eigenvalue weighted by Gasteiger charge is -2.15. The van der Waals surface area contributed by atoms with E-state index < -0.39 is 0 Å². The van der Waals surface area contributed by atoms with Crippen molar-refractivity contribution in [2.75, 3.05) is 19.0 Å². The highest BCUT2D eigenvalue weighted by molar-refractivity contribution is 6.25. The second-order valence-corrected chi connectivity index (χ2v) is 5.72. The predicted molar refractivity (Wildman–Crippen MR) is 127 cm³/mol. The highest BCUT2D eigenvalue weighted by Crippen LogP contribution is 2.36. The summed E-state index contributed by atoms with van der Waals surface area (Å²) in [6, 6.07) is 24.1. The van der Waals surface area contributed by atoms with Gasteiger partial charge in [0.2, 0.25) is 0 Å². The van der Waals surface area contributed by atoms with Crippen LogP contribution in [0.2, 0.25) is 0 Å². The van der Waals surface area contributed by atoms with Gasteiger partial charge in [0, 0.05) is 19.8 Å². The molecule has 0 unspecified atom stereocenters. The first kappa shape index (κ1) is 22.5. The van der Waals surface area contributed by atoms with Crippen LogP contribution < -0.4 is 4.90 Å². The Morgan fingerprint density at radius 1 is 0.444 bits per heavy atom. The molecule has 0 heterocycles. The summed E-state index contributed by atoms with van der Waals surface area (Å²) in [5.74, 6) is 0. The van der Waals surface area contributed by atoms with Crippen molar-refractivity contribution in [3.05, 3.63) is 66.7 Å². The monoisotopic (exact) mass is 361 g/mol. The second kappa shape index (κ2) is 11.2. The summed E-state index contributed by atoms with van der Waals surface area (Å²) in [6.45, 7) is 12.0. The van der Waals surface area contributed by atoms with Gasteiger partial charge in [-0.3, -0.25) is 0 Å². The third-order valence-corrected chi connectivity index (χ3v) is 4.24. The van der Waals surface area contributed by atoms with Gasteiger partial charge in [0.25, 0.3) is 0 Å². The topological polar surface area (TPSA) is 3.24 Å². The molecular formula is C26H35N. The lowest BCUT2D eigenvalue weighted by molar-refractivity contribution is 1.14. The quantitative estimate of drug-likeness (QED) is 0.308. The SMILES string of the molecule is CC.CC.CC.CN(C)c1ccc2c3ccccc3c3ccccc3c2c1. The van der Waals surface area contributed by atoms with Gasteiger partial charge in [-0.05, 0) is 44.5 Å². The highest BCUT2D eigenvalue weighted by atomic mass is 15.1. The Bertz CT molecular complexity index is 932. The van der Waals surface area contributed by atoms with Crippen molar-refractivity contribution in [1.82, 2.24) is 0 Å². The second-order valence-electron chi connectivity index (χ2n) is 5.72. The molecule has 0 fully saturated rings. The van der Waals surface area contributed by atoms with Crippen LogP contribution >= 0.6 is 0 Å². The highest BCUT2D eigenvalue weighted by Gasteiger charge is 2.08. The van der Waals surface area contributed by atoms with Crippen molar-refractivity contribution in [2.24, 2.45) is 0 Å². The molecule has 4 aromatic rings. The fourth-order valence-electron chi connectivity index (χ4n) is 3.17. The van der Waals surface area contributed by atoms with Crippen molar-refractivity contribution in [3.63, 3.8) is 0 Å². The zero-order chi connectivity index (χ0) is 20.4. The van der Waals surface area contributed by atoms with Gasteiger partial charge in [-0.2, -0.15) is 0 Å². The molecule has 0 aliphatic carbocycles. The molecule has 144 valence electrons. The first-order valence-corrected chi connectivity index (χ1v) is 10.3. The van der Waals surface area contributed by atoms with Gasteiger partial charge >= 0.3 is 0 Å². The normalized spacial score (nSPS) is 9.48. The average Bonchev–Trinajstić information content (AvgIpc) is 2.78. The van der Waals surface area contributed by atoms with Gasteiger partial charge in [0.1, 0.15) is 0 Å². The van der Waals surface area contributed by atoms with Gasteiger partial charge < -0.3 is 4.90 Å². The summed E-state index contributed by atoms with van der Waals surface area (Å²) in [5, 5.41) is 7.98. The molecule has 0 atom stereocenters. The number of benzene rings is 4. The van der Waals surface area contributed by atoms with Crippen LogP contribution in [0.5, 0.6) is 0 Å². The summed E-state index contributed by atoms with van der Waals surface area (Å²) >= 11 is 0. The Hall–Kier alpha value is -2.54. The summed E-state index contributed by atoms with van der Waals surface area (Å²) in [6.07, 6.45) is 0. The van der Waals surface area contributed by atoms with Crippen molar-refractivity contribution in [3.8, 4) is 0 Å². The minimum Gasteiger partial charge on any atom is -0.378 e. The van der Waals surface area contributed by atoms with E-state index in [2.05, 4.69) is 85.7 Å². The van der Waals surface area contributed by atoms with Crippen LogP contribution in [0, 0.1) is 0 Å². The molecule has 0 saturated carbocycles. The Labute approximate surface area is 165 Å². The minimum atomic E-state index is 1.24. The number of anilines is 1. The maximum absolute atomic E-state index is 2.30. The molecule has 0 aromatic heterocycles. The number of hydrogen-bond acceptors (Lipinski definition) is 1. The first-order valence-electron chi connectivity index (χ1n) is 10.3. The Balaban J connectivity index is 0.000000556. The number of hydrogen-bond donors (Lipinski definition) is 0. The Morgan fingerprint density at radius 2 is 0.778 bits per heavy atom. The van der Waals surface area contributed by atoms with E-state index in [9.17, 15) is 0 Å². The van der Waals surface area contributed by atoms with E-state index in [0.717, 1.165) is 0 Å². The maximum Gasteiger partial charge on any atom is 0.0367 e. The van der Waals surface area contributed by atoms with Crippen molar-refractivity contribution >= 4 is 38.0 Å². The van der Waals surface area contributed by atoms with Crippen molar-refractivity contribution < 1.29 is 0 Å². The van der Waals surface area contributed by atoms with Crippen LogP contribution in [0.25, 0.3) is 32.3 Å². The molecule has 4 rings (SSSR count). The Kier molecular flexibility index (Phi) is 9.36. The van der Waals surface area contributed by atoms with Crippen LogP contribution in [-0.4, -0.2) is 14.1 Å². The molecule has 0 spiro atoms. The van der Waals surface area contributed by atoms with Gasteiger partial charge in [-0.25, -0.2) is 0 Å². The zero-order valence-electron chi connectivity index (χ0n) is 18.3. The van der Waals surface area contributed by atoms with Gasteiger partial charge in [-0.1, -0.05) is 96.1 Å². The first-order chi connectivity index (χ1) is 13.3. The molecule has 27 heavy (non-hydrogen) atoms. The molecular weight excluding hydrogens is 326 g/mol. The van der Waals surface area contributed by atoms with Gasteiger partial charge in [0.05, 0.1) is 0 Å². The molecule has 0 radical (unpaired) electrons. The van der Waals surface area contributed by atoms with E-state index in [4.69, 9.17) is 0 Å². The molecule has 0 aliphatic rings. The fraction of sp³-hybridized carbons (Fsp3) is 0.308. The van der Waals surface area contributed by atoms with E-state index in [1.165, 1.54) is 38.0 Å². The van der Waals surface area contributed by atoms with Crippen LogP contribution in [0.3, 0.4) is 0 Å².